The average molecular weight is 350 g/mol. The second-order valence-corrected chi connectivity index (χ2v) is 7.49. The Balaban J connectivity index is 0.00000169. The number of fused-ring (bicyclic) bond motifs is 1. The van der Waals surface area contributed by atoms with Gasteiger partial charge in [-0.05, 0) is 30.5 Å². The monoisotopic (exact) mass is 349 g/mol. The molecule has 1 unspecified atom stereocenters. The highest BCUT2D eigenvalue weighted by Crippen LogP contribution is 2.26. The van der Waals surface area contributed by atoms with Crippen molar-refractivity contribution in [3.8, 4) is 0 Å². The Labute approximate surface area is 150 Å². The molecule has 2 aromatic heterocycles. The van der Waals surface area contributed by atoms with Crippen LogP contribution < -0.4 is 5.32 Å². The molecule has 2 saturated heterocycles. The standard InChI is InChI=1S/C18H27N5.ClH/c1-18(5-6-19-14-18)15-22-10-8-21(9-11-22)12-16-13-23-7-3-2-4-17(23)20-16;/h2-4,7,13,19H,5-6,8-12,14-15H2,1H3;1H. The van der Waals surface area contributed by atoms with E-state index in [4.69, 9.17) is 4.98 Å². The van der Waals surface area contributed by atoms with E-state index in [0.29, 0.717) is 5.41 Å². The van der Waals surface area contributed by atoms with Gasteiger partial charge in [-0.3, -0.25) is 4.90 Å². The lowest BCUT2D eigenvalue weighted by molar-refractivity contribution is 0.0927. The summed E-state index contributed by atoms with van der Waals surface area (Å²) >= 11 is 0. The summed E-state index contributed by atoms with van der Waals surface area (Å²) in [5.41, 5.74) is 2.70. The molecular weight excluding hydrogens is 322 g/mol. The number of halogens is 1. The van der Waals surface area contributed by atoms with Crippen molar-refractivity contribution in [3.05, 3.63) is 36.3 Å². The van der Waals surface area contributed by atoms with E-state index in [2.05, 4.69) is 51.0 Å². The van der Waals surface area contributed by atoms with Crippen molar-refractivity contribution in [1.82, 2.24) is 24.5 Å². The zero-order valence-corrected chi connectivity index (χ0v) is 15.3. The molecule has 0 amide bonds. The fourth-order valence-electron chi connectivity index (χ4n) is 3.94. The number of aromatic nitrogens is 2. The van der Waals surface area contributed by atoms with Crippen LogP contribution in [0.1, 0.15) is 19.0 Å². The Kier molecular flexibility index (Phi) is 5.45. The van der Waals surface area contributed by atoms with E-state index < -0.39 is 0 Å². The minimum atomic E-state index is 0. The molecule has 2 aliphatic heterocycles. The molecule has 2 fully saturated rings. The average Bonchev–Trinajstić information content (AvgIpc) is 3.15. The molecule has 24 heavy (non-hydrogen) atoms. The van der Waals surface area contributed by atoms with Crippen LogP contribution >= 0.6 is 12.4 Å². The summed E-state index contributed by atoms with van der Waals surface area (Å²) < 4.78 is 2.11. The molecule has 4 heterocycles. The fraction of sp³-hybridized carbons (Fsp3) is 0.611. The van der Waals surface area contributed by atoms with E-state index >= 15 is 0 Å². The van der Waals surface area contributed by atoms with Crippen molar-refractivity contribution in [2.24, 2.45) is 5.41 Å². The van der Waals surface area contributed by atoms with Gasteiger partial charge in [-0.1, -0.05) is 13.0 Å². The van der Waals surface area contributed by atoms with Gasteiger partial charge in [0.25, 0.3) is 0 Å². The lowest BCUT2D eigenvalue weighted by Gasteiger charge is -2.38. The minimum absolute atomic E-state index is 0. The first-order valence-corrected chi connectivity index (χ1v) is 8.78. The molecule has 1 N–H and O–H groups in total. The summed E-state index contributed by atoms with van der Waals surface area (Å²) in [4.78, 5) is 9.90. The molecule has 0 spiro atoms. The van der Waals surface area contributed by atoms with E-state index in [1.54, 1.807) is 0 Å². The van der Waals surface area contributed by atoms with Crippen LogP contribution in [-0.2, 0) is 6.54 Å². The molecule has 5 nitrogen and oxygen atoms in total. The van der Waals surface area contributed by atoms with E-state index in [-0.39, 0.29) is 12.4 Å². The van der Waals surface area contributed by atoms with Crippen molar-refractivity contribution in [2.45, 2.75) is 19.9 Å². The first-order valence-electron chi connectivity index (χ1n) is 8.78. The van der Waals surface area contributed by atoms with Crippen molar-refractivity contribution in [2.75, 3.05) is 45.8 Å². The van der Waals surface area contributed by atoms with Crippen LogP contribution in [0, 0.1) is 5.41 Å². The third-order valence-corrected chi connectivity index (χ3v) is 5.33. The highest BCUT2D eigenvalue weighted by atomic mass is 35.5. The number of piperazine rings is 1. The van der Waals surface area contributed by atoms with Crippen molar-refractivity contribution in [1.29, 1.82) is 0 Å². The fourth-order valence-corrected chi connectivity index (χ4v) is 3.94. The second kappa shape index (κ2) is 7.40. The van der Waals surface area contributed by atoms with Gasteiger partial charge in [0.05, 0.1) is 5.69 Å². The Morgan fingerprint density at radius 3 is 2.67 bits per heavy atom. The van der Waals surface area contributed by atoms with Crippen LogP contribution in [0.15, 0.2) is 30.6 Å². The molecule has 0 radical (unpaired) electrons. The summed E-state index contributed by atoms with van der Waals surface area (Å²) in [5, 5.41) is 3.51. The second-order valence-electron chi connectivity index (χ2n) is 7.49. The maximum atomic E-state index is 4.72. The molecule has 2 aromatic rings. The SMILES string of the molecule is CC1(CN2CCN(Cc3cn4ccccc4n3)CC2)CCNC1.Cl. The number of imidazole rings is 1. The van der Waals surface area contributed by atoms with Crippen molar-refractivity contribution >= 4 is 18.1 Å². The predicted octanol–water partition coefficient (Wildman–Crippen LogP) is 1.87. The molecule has 6 heteroatoms. The zero-order valence-electron chi connectivity index (χ0n) is 14.4. The summed E-state index contributed by atoms with van der Waals surface area (Å²) in [5.74, 6) is 0. The van der Waals surface area contributed by atoms with Gasteiger partial charge in [0.1, 0.15) is 5.65 Å². The molecular formula is C18H28ClN5. The molecule has 0 aliphatic carbocycles. The van der Waals surface area contributed by atoms with Crippen molar-refractivity contribution < 1.29 is 0 Å². The maximum Gasteiger partial charge on any atom is 0.137 e. The number of hydrogen-bond acceptors (Lipinski definition) is 4. The van der Waals surface area contributed by atoms with E-state index in [1.165, 1.54) is 44.8 Å². The van der Waals surface area contributed by atoms with E-state index in [0.717, 1.165) is 25.3 Å². The Hall–Kier alpha value is -1.14. The lowest BCUT2D eigenvalue weighted by Crippen LogP contribution is -2.49. The molecule has 4 rings (SSSR count). The Bertz CT molecular complexity index is 623. The van der Waals surface area contributed by atoms with Gasteiger partial charge in [0, 0.05) is 58.2 Å². The summed E-state index contributed by atoms with van der Waals surface area (Å²) in [6, 6.07) is 6.16. The molecule has 1 atom stereocenters. The Morgan fingerprint density at radius 2 is 1.96 bits per heavy atom. The van der Waals surface area contributed by atoms with Crippen LogP contribution in [0.4, 0.5) is 0 Å². The molecule has 2 aliphatic rings. The maximum absolute atomic E-state index is 4.72. The zero-order chi connectivity index (χ0) is 15.7. The topological polar surface area (TPSA) is 35.8 Å². The summed E-state index contributed by atoms with van der Waals surface area (Å²) in [7, 11) is 0. The number of hydrogen-bond donors (Lipinski definition) is 1. The van der Waals surface area contributed by atoms with Crippen LogP contribution in [0.5, 0.6) is 0 Å². The predicted molar refractivity (Wildman–Crippen MR) is 99.8 cm³/mol. The first kappa shape index (κ1) is 17.7. The van der Waals surface area contributed by atoms with Gasteiger partial charge in [0.15, 0.2) is 0 Å². The van der Waals surface area contributed by atoms with Crippen LogP contribution in [0.2, 0.25) is 0 Å². The highest BCUT2D eigenvalue weighted by molar-refractivity contribution is 5.85. The molecule has 0 bridgehead atoms. The van der Waals surface area contributed by atoms with Crippen LogP contribution in [0.3, 0.4) is 0 Å². The van der Waals surface area contributed by atoms with E-state index in [1.807, 2.05) is 6.07 Å². The summed E-state index contributed by atoms with van der Waals surface area (Å²) in [6.07, 6.45) is 5.54. The van der Waals surface area contributed by atoms with Gasteiger partial charge in [-0.25, -0.2) is 4.98 Å². The quantitative estimate of drug-likeness (QED) is 0.914. The smallest absolute Gasteiger partial charge is 0.137 e. The van der Waals surface area contributed by atoms with Gasteiger partial charge in [-0.15, -0.1) is 12.4 Å². The number of nitrogens with one attached hydrogen (secondary N) is 1. The normalized spacial score (nSPS) is 25.9. The molecule has 0 aromatic carbocycles. The third kappa shape index (κ3) is 3.91. The third-order valence-electron chi connectivity index (χ3n) is 5.33. The number of nitrogens with zero attached hydrogens (tertiary/aromatic N) is 4. The minimum Gasteiger partial charge on any atom is -0.316 e. The van der Waals surface area contributed by atoms with Gasteiger partial charge in [-0.2, -0.15) is 0 Å². The molecule has 132 valence electrons. The summed E-state index contributed by atoms with van der Waals surface area (Å²) in [6.45, 7) is 11.7. The Morgan fingerprint density at radius 1 is 1.17 bits per heavy atom. The van der Waals surface area contributed by atoms with Crippen LogP contribution in [0.25, 0.3) is 5.65 Å². The lowest BCUT2D eigenvalue weighted by atomic mass is 9.89. The van der Waals surface area contributed by atoms with E-state index in [9.17, 15) is 0 Å². The molecule has 0 saturated carbocycles. The largest absolute Gasteiger partial charge is 0.316 e. The van der Waals surface area contributed by atoms with Gasteiger partial charge >= 0.3 is 0 Å². The number of pyridine rings is 1. The van der Waals surface area contributed by atoms with Gasteiger partial charge < -0.3 is 14.6 Å². The van der Waals surface area contributed by atoms with Crippen LogP contribution in [-0.4, -0.2) is 65.0 Å². The van der Waals surface area contributed by atoms with Crippen molar-refractivity contribution in [3.63, 3.8) is 0 Å². The van der Waals surface area contributed by atoms with Gasteiger partial charge in [0.2, 0.25) is 0 Å². The highest BCUT2D eigenvalue weighted by Gasteiger charge is 2.31. The number of rotatable bonds is 4. The first-order chi connectivity index (χ1) is 11.2.